The summed E-state index contributed by atoms with van der Waals surface area (Å²) in [6, 6.07) is 10.9. The highest BCUT2D eigenvalue weighted by Gasteiger charge is 2.23. The lowest BCUT2D eigenvalue weighted by Gasteiger charge is -2.24. The van der Waals surface area contributed by atoms with Crippen LogP contribution in [0.25, 0.3) is 0 Å². The minimum atomic E-state index is -0.144. The van der Waals surface area contributed by atoms with E-state index in [0.717, 1.165) is 38.2 Å². The van der Waals surface area contributed by atoms with Gasteiger partial charge in [-0.25, -0.2) is 14.4 Å². The van der Waals surface area contributed by atoms with E-state index in [4.69, 9.17) is 0 Å². The van der Waals surface area contributed by atoms with Gasteiger partial charge in [0.1, 0.15) is 5.82 Å². The smallest absolute Gasteiger partial charge is 0.222 e. The maximum Gasteiger partial charge on any atom is 0.222 e. The zero-order valence-corrected chi connectivity index (χ0v) is 15.1. The molecule has 3 aromatic rings. The molecule has 1 aromatic carbocycles. The largest absolute Gasteiger partial charge is 0.354 e. The van der Waals surface area contributed by atoms with Gasteiger partial charge in [-0.15, -0.1) is 0 Å². The molecule has 1 atom stereocenters. The van der Waals surface area contributed by atoms with Crippen molar-refractivity contribution in [2.75, 3.05) is 18.4 Å². The Hall–Kier alpha value is -2.80. The van der Waals surface area contributed by atoms with Crippen LogP contribution in [0.3, 0.4) is 0 Å². The third-order valence-corrected chi connectivity index (χ3v) is 4.89. The van der Waals surface area contributed by atoms with Crippen LogP contribution in [0.1, 0.15) is 17.7 Å². The summed E-state index contributed by atoms with van der Waals surface area (Å²) in [7, 11) is 0. The van der Waals surface area contributed by atoms with Crippen molar-refractivity contribution in [1.29, 1.82) is 0 Å². The highest BCUT2D eigenvalue weighted by Crippen LogP contribution is 2.21. The Bertz CT molecular complexity index is 866. The molecule has 4 rings (SSSR count). The molecule has 0 saturated heterocycles. The van der Waals surface area contributed by atoms with E-state index < -0.39 is 0 Å². The van der Waals surface area contributed by atoms with Crippen molar-refractivity contribution in [3.8, 4) is 0 Å². The zero-order chi connectivity index (χ0) is 18.5. The average Bonchev–Trinajstić information content (AvgIpc) is 3.04. The zero-order valence-electron chi connectivity index (χ0n) is 15.1. The van der Waals surface area contributed by atoms with Crippen LogP contribution < -0.4 is 5.32 Å². The van der Waals surface area contributed by atoms with E-state index >= 15 is 0 Å². The number of nitrogens with zero attached hydrogens (tertiary/aromatic N) is 5. The molecule has 140 valence electrons. The van der Waals surface area contributed by atoms with Gasteiger partial charge in [0, 0.05) is 56.9 Å². The monoisotopic (exact) mass is 366 g/mol. The first kappa shape index (κ1) is 17.6. The molecule has 1 aliphatic rings. The summed E-state index contributed by atoms with van der Waals surface area (Å²) in [5.41, 5.74) is 1.91. The maximum atomic E-state index is 14.1. The van der Waals surface area contributed by atoms with Gasteiger partial charge in [0.25, 0.3) is 0 Å². The fourth-order valence-electron chi connectivity index (χ4n) is 3.57. The van der Waals surface area contributed by atoms with E-state index in [1.807, 2.05) is 24.4 Å². The Labute approximate surface area is 158 Å². The standard InChI is InChI=1S/C20H23FN6/c21-19-5-2-1-4-17(19)14-26-12-16(13-27-18(15-26)7-11-25-27)6-10-24-20-22-8-3-9-23-20/h1-5,7-9,11,16H,6,10,12-15H2,(H,22,23,24)/t16-/m1/s1. The first-order valence-electron chi connectivity index (χ1n) is 9.25. The summed E-state index contributed by atoms with van der Waals surface area (Å²) in [5.74, 6) is 0.915. The molecule has 27 heavy (non-hydrogen) atoms. The summed E-state index contributed by atoms with van der Waals surface area (Å²) < 4.78 is 16.2. The number of hydrogen-bond donors (Lipinski definition) is 1. The second-order valence-electron chi connectivity index (χ2n) is 6.92. The molecule has 0 saturated carbocycles. The molecule has 6 nitrogen and oxygen atoms in total. The number of aromatic nitrogens is 4. The Balaban J connectivity index is 1.43. The quantitative estimate of drug-likeness (QED) is 0.727. The molecule has 0 amide bonds. The van der Waals surface area contributed by atoms with Crippen molar-refractivity contribution in [1.82, 2.24) is 24.6 Å². The van der Waals surface area contributed by atoms with Gasteiger partial charge in [0.05, 0.1) is 5.69 Å². The lowest BCUT2D eigenvalue weighted by atomic mass is 10.0. The van der Waals surface area contributed by atoms with Gasteiger partial charge in [-0.1, -0.05) is 18.2 Å². The van der Waals surface area contributed by atoms with Gasteiger partial charge in [-0.2, -0.15) is 5.10 Å². The number of benzene rings is 1. The molecule has 7 heteroatoms. The predicted octanol–water partition coefficient (Wildman–Crippen LogP) is 2.95. The number of halogens is 1. The molecule has 0 spiro atoms. The highest BCUT2D eigenvalue weighted by atomic mass is 19.1. The van der Waals surface area contributed by atoms with Crippen molar-refractivity contribution >= 4 is 5.95 Å². The lowest BCUT2D eigenvalue weighted by molar-refractivity contribution is 0.214. The van der Waals surface area contributed by atoms with Crippen molar-refractivity contribution in [3.63, 3.8) is 0 Å². The van der Waals surface area contributed by atoms with Crippen LogP contribution >= 0.6 is 0 Å². The van der Waals surface area contributed by atoms with Gasteiger partial charge in [-0.3, -0.25) is 9.58 Å². The number of rotatable bonds is 6. The Morgan fingerprint density at radius 3 is 2.74 bits per heavy atom. The van der Waals surface area contributed by atoms with Crippen molar-refractivity contribution < 1.29 is 4.39 Å². The van der Waals surface area contributed by atoms with E-state index in [1.165, 1.54) is 11.8 Å². The minimum Gasteiger partial charge on any atom is -0.354 e. The van der Waals surface area contributed by atoms with Crippen molar-refractivity contribution in [2.45, 2.75) is 26.1 Å². The highest BCUT2D eigenvalue weighted by molar-refractivity contribution is 5.21. The van der Waals surface area contributed by atoms with Gasteiger partial charge in [-0.05, 0) is 30.5 Å². The molecular formula is C20H23FN6. The number of hydrogen-bond acceptors (Lipinski definition) is 5. The summed E-state index contributed by atoms with van der Waals surface area (Å²) in [6.07, 6.45) is 6.26. The Morgan fingerprint density at radius 1 is 1.04 bits per heavy atom. The van der Waals surface area contributed by atoms with Crippen LogP contribution in [0, 0.1) is 11.7 Å². The molecular weight excluding hydrogens is 343 g/mol. The fraction of sp³-hybridized carbons (Fsp3) is 0.350. The van der Waals surface area contributed by atoms with E-state index in [-0.39, 0.29) is 5.82 Å². The first-order valence-corrected chi connectivity index (χ1v) is 9.25. The van der Waals surface area contributed by atoms with E-state index in [2.05, 4.69) is 30.0 Å². The Kier molecular flexibility index (Phi) is 5.39. The molecule has 0 fully saturated rings. The van der Waals surface area contributed by atoms with Gasteiger partial charge in [0.2, 0.25) is 5.95 Å². The summed E-state index contributed by atoms with van der Waals surface area (Å²) in [6.45, 7) is 3.94. The van der Waals surface area contributed by atoms with Gasteiger partial charge >= 0.3 is 0 Å². The van der Waals surface area contributed by atoms with E-state index in [9.17, 15) is 4.39 Å². The SMILES string of the molecule is Fc1ccccc1CN1Cc2ccnn2C[C@H](CCNc2ncccn2)C1. The third kappa shape index (κ3) is 4.49. The van der Waals surface area contributed by atoms with E-state index in [0.29, 0.717) is 18.4 Å². The molecule has 3 heterocycles. The van der Waals surface area contributed by atoms with Crippen LogP contribution in [0.5, 0.6) is 0 Å². The number of anilines is 1. The van der Waals surface area contributed by atoms with Crippen LogP contribution in [-0.4, -0.2) is 37.7 Å². The number of nitrogens with one attached hydrogen (secondary N) is 1. The van der Waals surface area contributed by atoms with Crippen LogP contribution in [0.4, 0.5) is 10.3 Å². The topological polar surface area (TPSA) is 58.9 Å². The molecule has 2 aromatic heterocycles. The third-order valence-electron chi connectivity index (χ3n) is 4.89. The number of fused-ring (bicyclic) bond motifs is 1. The summed E-state index contributed by atoms with van der Waals surface area (Å²) in [5, 5.41) is 7.74. The fourth-order valence-corrected chi connectivity index (χ4v) is 3.57. The van der Waals surface area contributed by atoms with Crippen molar-refractivity contribution in [3.05, 3.63) is 72.1 Å². The minimum absolute atomic E-state index is 0.144. The molecule has 1 N–H and O–H groups in total. The normalized spacial score (nSPS) is 17.3. The van der Waals surface area contributed by atoms with Crippen LogP contribution in [0.2, 0.25) is 0 Å². The summed E-state index contributed by atoms with van der Waals surface area (Å²) >= 11 is 0. The molecule has 0 unspecified atom stereocenters. The molecule has 0 radical (unpaired) electrons. The first-order chi connectivity index (χ1) is 13.3. The van der Waals surface area contributed by atoms with Gasteiger partial charge < -0.3 is 5.32 Å². The van der Waals surface area contributed by atoms with Crippen LogP contribution in [-0.2, 0) is 19.6 Å². The maximum absolute atomic E-state index is 14.1. The van der Waals surface area contributed by atoms with Crippen molar-refractivity contribution in [2.24, 2.45) is 5.92 Å². The predicted molar refractivity (Wildman–Crippen MR) is 101 cm³/mol. The summed E-state index contributed by atoms with van der Waals surface area (Å²) in [4.78, 5) is 10.7. The molecule has 1 aliphatic heterocycles. The lowest BCUT2D eigenvalue weighted by Crippen LogP contribution is -2.29. The second kappa shape index (κ2) is 8.26. The van der Waals surface area contributed by atoms with E-state index in [1.54, 1.807) is 24.5 Å². The second-order valence-corrected chi connectivity index (χ2v) is 6.92. The molecule has 0 bridgehead atoms. The average molecular weight is 366 g/mol. The Morgan fingerprint density at radius 2 is 1.89 bits per heavy atom. The van der Waals surface area contributed by atoms with Crippen LogP contribution in [0.15, 0.2) is 55.0 Å². The van der Waals surface area contributed by atoms with Gasteiger partial charge in [0.15, 0.2) is 0 Å². The molecule has 0 aliphatic carbocycles.